The zero-order valence-electron chi connectivity index (χ0n) is 15.7. The summed E-state index contributed by atoms with van der Waals surface area (Å²) in [6.45, 7) is 2.72. The van der Waals surface area contributed by atoms with Crippen molar-refractivity contribution in [2.24, 2.45) is 0 Å². The fourth-order valence-electron chi connectivity index (χ4n) is 2.64. The summed E-state index contributed by atoms with van der Waals surface area (Å²) in [5.41, 5.74) is 14.3. The number of hydrogen-bond donors (Lipinski definition) is 2. The van der Waals surface area contributed by atoms with E-state index >= 15 is 0 Å². The van der Waals surface area contributed by atoms with Crippen LogP contribution >= 0.6 is 44.3 Å². The molecular formula is C20H21Br2ClN4O2. The Hall–Kier alpha value is -2.03. The highest BCUT2D eigenvalue weighted by Crippen LogP contribution is 2.31. The average Bonchev–Trinajstić information content (AvgIpc) is 2.65. The van der Waals surface area contributed by atoms with Gasteiger partial charge in [0, 0.05) is 10.9 Å². The second-order valence-corrected chi connectivity index (χ2v) is 7.85. The number of anilines is 2. The van der Waals surface area contributed by atoms with Gasteiger partial charge in [-0.15, -0.1) is 12.4 Å². The van der Waals surface area contributed by atoms with Crippen molar-refractivity contribution in [3.63, 3.8) is 0 Å². The highest BCUT2D eigenvalue weighted by atomic mass is 79.9. The van der Waals surface area contributed by atoms with E-state index in [0.717, 1.165) is 25.8 Å². The normalized spacial score (nSPS) is 10.3. The third-order valence-electron chi connectivity index (χ3n) is 3.98. The lowest BCUT2D eigenvalue weighted by Gasteiger charge is -2.12. The fourth-order valence-corrected chi connectivity index (χ4v) is 3.40. The molecule has 0 aliphatic rings. The Labute approximate surface area is 192 Å². The molecule has 2 aromatic carbocycles. The van der Waals surface area contributed by atoms with Crippen molar-refractivity contribution < 1.29 is 9.47 Å². The van der Waals surface area contributed by atoms with Gasteiger partial charge in [-0.05, 0) is 58.2 Å². The van der Waals surface area contributed by atoms with Crippen LogP contribution in [-0.4, -0.2) is 23.2 Å². The highest BCUT2D eigenvalue weighted by Gasteiger charge is 2.09. The number of benzene rings is 2. The van der Waals surface area contributed by atoms with Crippen LogP contribution in [0.2, 0.25) is 0 Å². The molecule has 0 bridgehead atoms. The van der Waals surface area contributed by atoms with E-state index in [1.165, 1.54) is 0 Å². The minimum absolute atomic E-state index is 0. The Kier molecular flexibility index (Phi) is 8.55. The van der Waals surface area contributed by atoms with E-state index in [0.29, 0.717) is 31.1 Å². The van der Waals surface area contributed by atoms with E-state index in [4.69, 9.17) is 20.9 Å². The van der Waals surface area contributed by atoms with Crippen LogP contribution in [-0.2, 0) is 0 Å². The van der Waals surface area contributed by atoms with E-state index in [1.54, 1.807) is 6.92 Å². The fraction of sp³-hybridized carbons (Fsp3) is 0.200. The van der Waals surface area contributed by atoms with Crippen molar-refractivity contribution in [1.82, 2.24) is 9.97 Å². The molecule has 0 aliphatic heterocycles. The standard InChI is InChI=1S/C20H20Br2N4O2.ClH/c1-12-18(19(23)26-20(24)25-12)28-10-2-9-27-17-8-5-14(11-16(17)22)13-3-6-15(21)7-4-13;/h3-8,11H,2,9-10H2,1H3,(H4,23,24,25,26);1H. The number of nitrogens with zero attached hydrogens (tertiary/aromatic N) is 2. The quantitative estimate of drug-likeness (QED) is 0.386. The lowest BCUT2D eigenvalue weighted by Crippen LogP contribution is -2.10. The maximum absolute atomic E-state index is 5.85. The number of aromatic nitrogens is 2. The molecule has 0 spiro atoms. The van der Waals surface area contributed by atoms with Crippen molar-refractivity contribution in [2.45, 2.75) is 13.3 Å². The number of hydrogen-bond acceptors (Lipinski definition) is 6. The number of nitrogen functional groups attached to an aromatic ring is 2. The van der Waals surface area contributed by atoms with Crippen LogP contribution in [0, 0.1) is 6.92 Å². The molecule has 1 aromatic heterocycles. The van der Waals surface area contributed by atoms with E-state index in [-0.39, 0.29) is 24.2 Å². The Morgan fingerprint density at radius 1 is 0.897 bits per heavy atom. The SMILES string of the molecule is Cc1nc(N)nc(N)c1OCCCOc1ccc(-c2ccc(Br)cc2)cc1Br.Cl. The third kappa shape index (κ3) is 6.22. The summed E-state index contributed by atoms with van der Waals surface area (Å²) >= 11 is 7.03. The molecule has 154 valence electrons. The van der Waals surface area contributed by atoms with Gasteiger partial charge in [-0.1, -0.05) is 34.1 Å². The summed E-state index contributed by atoms with van der Waals surface area (Å²) in [6, 6.07) is 14.2. The van der Waals surface area contributed by atoms with Crippen LogP contribution < -0.4 is 20.9 Å². The molecular weight excluding hydrogens is 524 g/mol. The molecule has 0 saturated heterocycles. The van der Waals surface area contributed by atoms with Gasteiger partial charge >= 0.3 is 0 Å². The van der Waals surface area contributed by atoms with Crippen LogP contribution in [0.3, 0.4) is 0 Å². The van der Waals surface area contributed by atoms with Crippen LogP contribution in [0.5, 0.6) is 11.5 Å². The van der Waals surface area contributed by atoms with Crippen molar-refractivity contribution in [3.8, 4) is 22.6 Å². The lowest BCUT2D eigenvalue weighted by atomic mass is 10.1. The van der Waals surface area contributed by atoms with Crippen LogP contribution in [0.25, 0.3) is 11.1 Å². The summed E-state index contributed by atoms with van der Waals surface area (Å²) in [6.07, 6.45) is 0.685. The number of ether oxygens (including phenoxy) is 2. The van der Waals surface area contributed by atoms with E-state index in [9.17, 15) is 0 Å². The molecule has 3 aromatic rings. The topological polar surface area (TPSA) is 96.3 Å². The van der Waals surface area contributed by atoms with Gasteiger partial charge in [0.1, 0.15) is 5.75 Å². The third-order valence-corrected chi connectivity index (χ3v) is 5.13. The largest absolute Gasteiger partial charge is 0.492 e. The summed E-state index contributed by atoms with van der Waals surface area (Å²) in [4.78, 5) is 7.96. The van der Waals surface area contributed by atoms with Crippen LogP contribution in [0.1, 0.15) is 12.1 Å². The molecule has 3 rings (SSSR count). The van der Waals surface area contributed by atoms with Gasteiger partial charge in [-0.2, -0.15) is 4.98 Å². The summed E-state index contributed by atoms with van der Waals surface area (Å²) in [5.74, 6) is 1.64. The minimum Gasteiger partial charge on any atom is -0.492 e. The Morgan fingerprint density at radius 3 is 2.21 bits per heavy atom. The maximum atomic E-state index is 5.85. The molecule has 0 saturated carbocycles. The molecule has 0 aliphatic carbocycles. The second-order valence-electron chi connectivity index (χ2n) is 6.08. The lowest BCUT2D eigenvalue weighted by molar-refractivity contribution is 0.245. The van der Waals surface area contributed by atoms with Crippen LogP contribution in [0.4, 0.5) is 11.8 Å². The monoisotopic (exact) mass is 542 g/mol. The Morgan fingerprint density at radius 2 is 1.55 bits per heavy atom. The Balaban J connectivity index is 0.00000300. The minimum atomic E-state index is 0. The maximum Gasteiger partial charge on any atom is 0.222 e. The first-order chi connectivity index (χ1) is 13.4. The molecule has 29 heavy (non-hydrogen) atoms. The molecule has 0 fully saturated rings. The summed E-state index contributed by atoms with van der Waals surface area (Å²) in [7, 11) is 0. The molecule has 0 radical (unpaired) electrons. The zero-order valence-corrected chi connectivity index (χ0v) is 19.7. The van der Waals surface area contributed by atoms with Gasteiger partial charge in [-0.3, -0.25) is 0 Å². The first-order valence-corrected chi connectivity index (χ1v) is 10.2. The Bertz CT molecular complexity index is 948. The van der Waals surface area contributed by atoms with Gasteiger partial charge < -0.3 is 20.9 Å². The molecule has 4 N–H and O–H groups in total. The van der Waals surface area contributed by atoms with Crippen molar-refractivity contribution in [1.29, 1.82) is 0 Å². The first kappa shape index (κ1) is 23.3. The van der Waals surface area contributed by atoms with E-state index in [2.05, 4.69) is 54.0 Å². The van der Waals surface area contributed by atoms with Gasteiger partial charge in [0.2, 0.25) is 5.95 Å². The van der Waals surface area contributed by atoms with Gasteiger partial charge in [0.15, 0.2) is 11.6 Å². The zero-order chi connectivity index (χ0) is 20.1. The smallest absolute Gasteiger partial charge is 0.222 e. The predicted octanol–water partition coefficient (Wildman–Crippen LogP) is 5.41. The van der Waals surface area contributed by atoms with Gasteiger partial charge in [-0.25, -0.2) is 4.98 Å². The first-order valence-electron chi connectivity index (χ1n) is 8.64. The molecule has 0 unspecified atom stereocenters. The second kappa shape index (κ2) is 10.7. The molecule has 0 atom stereocenters. The molecule has 0 amide bonds. The average molecular weight is 545 g/mol. The molecule has 1 heterocycles. The summed E-state index contributed by atoms with van der Waals surface area (Å²) in [5, 5.41) is 0. The van der Waals surface area contributed by atoms with E-state index in [1.807, 2.05) is 30.3 Å². The summed E-state index contributed by atoms with van der Waals surface area (Å²) < 4.78 is 13.5. The number of aryl methyl sites for hydroxylation is 1. The van der Waals surface area contributed by atoms with Crippen molar-refractivity contribution >= 4 is 56.0 Å². The predicted molar refractivity (Wildman–Crippen MR) is 126 cm³/mol. The van der Waals surface area contributed by atoms with Gasteiger partial charge in [0.05, 0.1) is 23.4 Å². The molecule has 6 nitrogen and oxygen atoms in total. The van der Waals surface area contributed by atoms with Crippen molar-refractivity contribution in [2.75, 3.05) is 24.7 Å². The highest BCUT2D eigenvalue weighted by molar-refractivity contribution is 9.10. The van der Waals surface area contributed by atoms with Crippen molar-refractivity contribution in [3.05, 3.63) is 57.1 Å². The van der Waals surface area contributed by atoms with Crippen LogP contribution in [0.15, 0.2) is 51.4 Å². The number of halogens is 3. The molecule has 9 heteroatoms. The van der Waals surface area contributed by atoms with E-state index < -0.39 is 0 Å². The number of rotatable bonds is 7. The number of nitrogens with two attached hydrogens (primary N) is 2. The van der Waals surface area contributed by atoms with Gasteiger partial charge in [0.25, 0.3) is 0 Å².